The first-order chi connectivity index (χ1) is 12.6. The topological polar surface area (TPSA) is 93.5 Å². The Kier molecular flexibility index (Phi) is 6.38. The van der Waals surface area contributed by atoms with Crippen molar-refractivity contribution < 1.29 is 19.4 Å². The minimum atomic E-state index is -1.09. The van der Waals surface area contributed by atoms with E-state index in [1.165, 1.54) is 6.20 Å². The van der Waals surface area contributed by atoms with Crippen LogP contribution in [0.15, 0.2) is 30.5 Å². The lowest BCUT2D eigenvalue weighted by atomic mass is 10.1. The fourth-order valence-electron chi connectivity index (χ4n) is 2.65. The van der Waals surface area contributed by atoms with E-state index in [4.69, 9.17) is 4.74 Å². The van der Waals surface area contributed by atoms with Crippen molar-refractivity contribution >= 4 is 11.9 Å². The molecule has 1 atom stereocenters. The van der Waals surface area contributed by atoms with Gasteiger partial charge in [0.05, 0.1) is 28.7 Å². The predicted molar refractivity (Wildman–Crippen MR) is 102 cm³/mol. The Bertz CT molecular complexity index is 821. The molecule has 0 aliphatic rings. The molecule has 1 unspecified atom stereocenters. The lowest BCUT2D eigenvalue weighted by molar-refractivity contribution is -0.140. The number of benzene rings is 1. The van der Waals surface area contributed by atoms with Gasteiger partial charge in [-0.05, 0) is 46.2 Å². The maximum atomic E-state index is 12.6. The van der Waals surface area contributed by atoms with Gasteiger partial charge in [0, 0.05) is 13.0 Å². The largest absolute Gasteiger partial charge is 0.480 e. The van der Waals surface area contributed by atoms with Gasteiger partial charge in [-0.1, -0.05) is 18.2 Å². The van der Waals surface area contributed by atoms with Crippen molar-refractivity contribution in [2.24, 2.45) is 0 Å². The number of aromatic nitrogens is 2. The molecule has 0 saturated heterocycles. The summed E-state index contributed by atoms with van der Waals surface area (Å²) in [6, 6.07) is 6.69. The van der Waals surface area contributed by atoms with E-state index in [9.17, 15) is 14.7 Å². The molecule has 7 nitrogen and oxygen atoms in total. The third-order valence-corrected chi connectivity index (χ3v) is 4.14. The van der Waals surface area contributed by atoms with Gasteiger partial charge in [-0.15, -0.1) is 0 Å². The molecule has 146 valence electrons. The molecule has 1 amide bonds. The smallest absolute Gasteiger partial charge is 0.326 e. The van der Waals surface area contributed by atoms with Crippen LogP contribution in [-0.4, -0.2) is 45.0 Å². The summed E-state index contributed by atoms with van der Waals surface area (Å²) in [7, 11) is 0. The number of rotatable bonds is 7. The minimum Gasteiger partial charge on any atom is -0.480 e. The van der Waals surface area contributed by atoms with Crippen molar-refractivity contribution in [3.8, 4) is 5.69 Å². The first kappa shape index (κ1) is 20.6. The van der Waals surface area contributed by atoms with Crippen LogP contribution in [-0.2, 0) is 9.53 Å². The first-order valence-electron chi connectivity index (χ1n) is 8.88. The van der Waals surface area contributed by atoms with Gasteiger partial charge in [-0.3, -0.25) is 4.79 Å². The van der Waals surface area contributed by atoms with E-state index in [0.29, 0.717) is 11.3 Å². The molecule has 2 N–H and O–H groups in total. The standard InChI is InChI=1S/C20H27N3O4/c1-13-8-6-7-9-17(13)23-14(2)15(12-21-23)18(24)22-16(19(25)26)10-11-27-20(3,4)5/h6-9,12,16H,10-11H2,1-5H3,(H,22,24)(H,25,26). The third-order valence-electron chi connectivity index (χ3n) is 4.14. The number of carbonyl (C=O) groups excluding carboxylic acids is 1. The summed E-state index contributed by atoms with van der Waals surface area (Å²) in [5.41, 5.74) is 2.54. The SMILES string of the molecule is Cc1ccccc1-n1ncc(C(=O)NC(CCOC(C)(C)C)C(=O)O)c1C. The Labute approximate surface area is 159 Å². The highest BCUT2D eigenvalue weighted by molar-refractivity contribution is 5.97. The second-order valence-corrected chi connectivity index (χ2v) is 7.46. The van der Waals surface area contributed by atoms with Crippen LogP contribution in [0.25, 0.3) is 5.69 Å². The van der Waals surface area contributed by atoms with Gasteiger partial charge >= 0.3 is 5.97 Å². The van der Waals surface area contributed by atoms with Crippen LogP contribution in [0.5, 0.6) is 0 Å². The van der Waals surface area contributed by atoms with Crippen molar-refractivity contribution in [3.63, 3.8) is 0 Å². The number of carboxylic acid groups (broad SMARTS) is 1. The zero-order valence-electron chi connectivity index (χ0n) is 16.4. The predicted octanol–water partition coefficient (Wildman–Crippen LogP) is 2.88. The number of nitrogens with zero attached hydrogens (tertiary/aromatic N) is 2. The Morgan fingerprint density at radius 3 is 2.52 bits per heavy atom. The number of aliphatic carboxylic acids is 1. The zero-order valence-corrected chi connectivity index (χ0v) is 16.4. The highest BCUT2D eigenvalue weighted by Crippen LogP contribution is 2.17. The molecule has 2 rings (SSSR count). The molecule has 27 heavy (non-hydrogen) atoms. The lowest BCUT2D eigenvalue weighted by Crippen LogP contribution is -2.42. The number of aryl methyl sites for hydroxylation is 1. The van der Waals surface area contributed by atoms with E-state index < -0.39 is 17.9 Å². The molecule has 0 radical (unpaired) electrons. The monoisotopic (exact) mass is 373 g/mol. The number of carbonyl (C=O) groups is 2. The summed E-state index contributed by atoms with van der Waals surface area (Å²) in [6.07, 6.45) is 1.64. The Morgan fingerprint density at radius 2 is 1.93 bits per heavy atom. The molecule has 0 bridgehead atoms. The molecular weight excluding hydrogens is 346 g/mol. The van der Waals surface area contributed by atoms with E-state index in [0.717, 1.165) is 11.3 Å². The highest BCUT2D eigenvalue weighted by Gasteiger charge is 2.24. The number of ether oxygens (including phenoxy) is 1. The van der Waals surface area contributed by atoms with E-state index in [1.807, 2.05) is 52.0 Å². The maximum Gasteiger partial charge on any atom is 0.326 e. The van der Waals surface area contributed by atoms with Gasteiger partial charge in [0.2, 0.25) is 0 Å². The Hall–Kier alpha value is -2.67. The summed E-state index contributed by atoms with van der Waals surface area (Å²) in [5, 5.41) is 16.3. The average molecular weight is 373 g/mol. The molecule has 0 saturated carbocycles. The van der Waals surface area contributed by atoms with E-state index in [2.05, 4.69) is 10.4 Å². The summed E-state index contributed by atoms with van der Waals surface area (Å²) in [4.78, 5) is 24.1. The van der Waals surface area contributed by atoms with Gasteiger partial charge in [0.1, 0.15) is 6.04 Å². The van der Waals surface area contributed by atoms with Crippen LogP contribution in [0.1, 0.15) is 48.8 Å². The normalized spacial score (nSPS) is 12.6. The van der Waals surface area contributed by atoms with Gasteiger partial charge in [-0.2, -0.15) is 5.10 Å². The summed E-state index contributed by atoms with van der Waals surface area (Å²) >= 11 is 0. The quantitative estimate of drug-likeness (QED) is 0.778. The number of nitrogens with one attached hydrogen (secondary N) is 1. The minimum absolute atomic E-state index is 0.184. The molecule has 0 aliphatic carbocycles. The summed E-state index contributed by atoms with van der Waals surface area (Å²) in [5.74, 6) is -1.56. The van der Waals surface area contributed by atoms with E-state index in [1.54, 1.807) is 11.6 Å². The van der Waals surface area contributed by atoms with Crippen LogP contribution in [0.4, 0.5) is 0 Å². The van der Waals surface area contributed by atoms with Crippen molar-refractivity contribution in [3.05, 3.63) is 47.3 Å². The third kappa shape index (κ3) is 5.40. The molecule has 0 spiro atoms. The van der Waals surface area contributed by atoms with Gasteiger partial charge in [0.25, 0.3) is 5.91 Å². The van der Waals surface area contributed by atoms with Crippen LogP contribution in [0.2, 0.25) is 0 Å². The van der Waals surface area contributed by atoms with Crippen molar-refractivity contribution in [1.82, 2.24) is 15.1 Å². The number of para-hydroxylation sites is 1. The van der Waals surface area contributed by atoms with Crippen LogP contribution < -0.4 is 5.32 Å². The van der Waals surface area contributed by atoms with Crippen LogP contribution in [0, 0.1) is 13.8 Å². The molecular formula is C20H27N3O4. The fraction of sp³-hybridized carbons (Fsp3) is 0.450. The van der Waals surface area contributed by atoms with Gasteiger partial charge < -0.3 is 15.2 Å². The molecule has 1 aromatic heterocycles. The Balaban J connectivity index is 2.13. The Morgan fingerprint density at radius 1 is 1.26 bits per heavy atom. The molecule has 2 aromatic rings. The molecule has 0 aliphatic heterocycles. The van der Waals surface area contributed by atoms with Gasteiger partial charge in [0.15, 0.2) is 0 Å². The van der Waals surface area contributed by atoms with Crippen LogP contribution >= 0.6 is 0 Å². The number of carboxylic acids is 1. The van der Waals surface area contributed by atoms with Gasteiger partial charge in [-0.25, -0.2) is 9.48 Å². The number of hydrogen-bond donors (Lipinski definition) is 2. The first-order valence-corrected chi connectivity index (χ1v) is 8.88. The number of amides is 1. The highest BCUT2D eigenvalue weighted by atomic mass is 16.5. The summed E-state index contributed by atoms with van der Waals surface area (Å²) < 4.78 is 7.25. The molecule has 1 heterocycles. The van der Waals surface area contributed by atoms with E-state index in [-0.39, 0.29) is 18.6 Å². The average Bonchev–Trinajstić information content (AvgIpc) is 2.94. The molecule has 0 fully saturated rings. The van der Waals surface area contributed by atoms with Crippen molar-refractivity contribution in [2.75, 3.05) is 6.61 Å². The van der Waals surface area contributed by atoms with E-state index >= 15 is 0 Å². The summed E-state index contributed by atoms with van der Waals surface area (Å²) in [6.45, 7) is 9.67. The fourth-order valence-corrected chi connectivity index (χ4v) is 2.65. The zero-order chi connectivity index (χ0) is 20.2. The lowest BCUT2D eigenvalue weighted by Gasteiger charge is -2.21. The number of hydrogen-bond acceptors (Lipinski definition) is 4. The second-order valence-electron chi connectivity index (χ2n) is 7.46. The van der Waals surface area contributed by atoms with Crippen molar-refractivity contribution in [2.45, 2.75) is 52.7 Å². The maximum absolute atomic E-state index is 12.6. The molecule has 7 heteroatoms. The van der Waals surface area contributed by atoms with Crippen molar-refractivity contribution in [1.29, 1.82) is 0 Å². The van der Waals surface area contributed by atoms with Crippen LogP contribution in [0.3, 0.4) is 0 Å². The second kappa shape index (κ2) is 8.35. The molecule has 1 aromatic carbocycles.